The maximum absolute atomic E-state index is 12.1. The van der Waals surface area contributed by atoms with Gasteiger partial charge < -0.3 is 10.1 Å². The number of carbonyl (C=O) groups excluding carboxylic acids is 2. The van der Waals surface area contributed by atoms with Gasteiger partial charge in [0, 0.05) is 18.7 Å². The van der Waals surface area contributed by atoms with E-state index < -0.39 is 17.5 Å². The average Bonchev–Trinajstić information content (AvgIpc) is 2.65. The minimum absolute atomic E-state index is 0.0126. The summed E-state index contributed by atoms with van der Waals surface area (Å²) in [5, 5.41) is 13.7. The number of hydrogen-bond donors (Lipinski definition) is 1. The lowest BCUT2D eigenvalue weighted by Crippen LogP contribution is -2.14. The number of esters is 1. The highest BCUT2D eigenvalue weighted by Crippen LogP contribution is 2.25. The van der Waals surface area contributed by atoms with E-state index in [9.17, 15) is 19.7 Å². The Balaban J connectivity index is 2.05. The zero-order valence-electron chi connectivity index (χ0n) is 14.8. The summed E-state index contributed by atoms with van der Waals surface area (Å²) >= 11 is 0. The maximum atomic E-state index is 12.1. The summed E-state index contributed by atoms with van der Waals surface area (Å²) in [5.74, 6) is -0.772. The largest absolute Gasteiger partial charge is 0.454 e. The van der Waals surface area contributed by atoms with Crippen molar-refractivity contribution in [3.63, 3.8) is 0 Å². The molecule has 26 heavy (non-hydrogen) atoms. The van der Waals surface area contributed by atoms with E-state index in [0.29, 0.717) is 11.5 Å². The molecular formula is C19H20N2O5. The summed E-state index contributed by atoms with van der Waals surface area (Å²) < 4.78 is 5.00. The van der Waals surface area contributed by atoms with Crippen LogP contribution >= 0.6 is 0 Å². The zero-order chi connectivity index (χ0) is 19.3. The van der Waals surface area contributed by atoms with Gasteiger partial charge in [0.2, 0.25) is 0 Å². The molecule has 1 N–H and O–H groups in total. The number of nitro benzene ring substituents is 1. The van der Waals surface area contributed by atoms with Gasteiger partial charge in [-0.05, 0) is 23.6 Å². The van der Waals surface area contributed by atoms with E-state index in [4.69, 9.17) is 4.74 Å². The fraction of sp³-hybridized carbons (Fsp3) is 0.263. The van der Waals surface area contributed by atoms with E-state index in [1.807, 2.05) is 12.1 Å². The van der Waals surface area contributed by atoms with Gasteiger partial charge in [-0.2, -0.15) is 0 Å². The summed E-state index contributed by atoms with van der Waals surface area (Å²) in [6, 6.07) is 11.1. The lowest BCUT2D eigenvalue weighted by molar-refractivity contribution is -0.384. The number of anilines is 1. The van der Waals surface area contributed by atoms with Crippen LogP contribution in [0.25, 0.3) is 0 Å². The quantitative estimate of drug-likeness (QED) is 0.351. The molecule has 0 aliphatic rings. The molecule has 0 unspecified atom stereocenters. The lowest BCUT2D eigenvalue weighted by Gasteiger charge is -2.08. The van der Waals surface area contributed by atoms with Crippen LogP contribution in [0.15, 0.2) is 42.5 Å². The van der Waals surface area contributed by atoms with Crippen molar-refractivity contribution in [1.82, 2.24) is 0 Å². The minimum atomic E-state index is -0.789. The third-order valence-electron chi connectivity index (χ3n) is 3.93. The second kappa shape index (κ2) is 8.24. The maximum Gasteiger partial charge on any atom is 0.338 e. The van der Waals surface area contributed by atoms with Gasteiger partial charge in [-0.3, -0.25) is 14.9 Å². The molecule has 0 saturated carbocycles. The smallest absolute Gasteiger partial charge is 0.338 e. The van der Waals surface area contributed by atoms with Gasteiger partial charge in [-0.1, -0.05) is 38.1 Å². The third-order valence-corrected chi connectivity index (χ3v) is 3.93. The Hall–Kier alpha value is -3.22. The first-order valence-corrected chi connectivity index (χ1v) is 8.10. The minimum Gasteiger partial charge on any atom is -0.454 e. The van der Waals surface area contributed by atoms with Crippen molar-refractivity contribution >= 4 is 23.1 Å². The molecule has 0 amide bonds. The normalized spacial score (nSPS) is 10.5. The van der Waals surface area contributed by atoms with E-state index in [0.717, 1.165) is 11.6 Å². The lowest BCUT2D eigenvalue weighted by atomic mass is 10.0. The number of benzene rings is 2. The summed E-state index contributed by atoms with van der Waals surface area (Å²) in [5.41, 5.74) is 1.61. The summed E-state index contributed by atoms with van der Waals surface area (Å²) in [6.07, 6.45) is 0. The molecule has 0 heterocycles. The van der Waals surface area contributed by atoms with Gasteiger partial charge in [0.1, 0.15) is 5.69 Å². The molecule has 0 saturated heterocycles. The molecule has 0 aliphatic heterocycles. The number of nitro groups is 1. The molecule has 7 heteroatoms. The molecule has 0 fully saturated rings. The van der Waals surface area contributed by atoms with Gasteiger partial charge in [-0.25, -0.2) is 4.79 Å². The van der Waals surface area contributed by atoms with Crippen LogP contribution in [0.5, 0.6) is 0 Å². The second-order valence-corrected chi connectivity index (χ2v) is 6.02. The highest BCUT2D eigenvalue weighted by Gasteiger charge is 2.18. The number of Topliss-reactive ketones (excluding diaryl/α,β-unsaturated/α-hetero) is 1. The van der Waals surface area contributed by atoms with Crippen LogP contribution in [0.1, 0.15) is 46.0 Å². The zero-order valence-corrected chi connectivity index (χ0v) is 14.8. The first kappa shape index (κ1) is 19.1. The Morgan fingerprint density at radius 3 is 2.27 bits per heavy atom. The third kappa shape index (κ3) is 4.44. The number of nitrogens with zero attached hydrogens (tertiary/aromatic N) is 1. The van der Waals surface area contributed by atoms with Crippen molar-refractivity contribution < 1.29 is 19.2 Å². The summed E-state index contributed by atoms with van der Waals surface area (Å²) in [4.78, 5) is 34.7. The first-order valence-electron chi connectivity index (χ1n) is 8.10. The van der Waals surface area contributed by atoms with Gasteiger partial charge in [0.05, 0.1) is 10.5 Å². The molecule has 0 bridgehead atoms. The number of carbonyl (C=O) groups is 2. The number of rotatable bonds is 7. The van der Waals surface area contributed by atoms with Crippen molar-refractivity contribution in [2.45, 2.75) is 19.8 Å². The van der Waals surface area contributed by atoms with Crippen LogP contribution in [-0.4, -0.2) is 30.3 Å². The van der Waals surface area contributed by atoms with Crippen molar-refractivity contribution in [2.24, 2.45) is 0 Å². The van der Waals surface area contributed by atoms with E-state index in [2.05, 4.69) is 19.2 Å². The second-order valence-electron chi connectivity index (χ2n) is 6.02. The standard InChI is InChI=1S/C19H20N2O5/c1-12(2)13-4-6-14(7-5-13)18(22)11-26-19(23)15-8-9-16(20-3)17(10-15)21(24)25/h4-10,12,20H,11H2,1-3H3. The van der Waals surface area contributed by atoms with Crippen molar-refractivity contribution in [3.05, 3.63) is 69.3 Å². The molecule has 0 aromatic heterocycles. The fourth-order valence-corrected chi connectivity index (χ4v) is 2.37. The highest BCUT2D eigenvalue weighted by molar-refractivity contribution is 5.99. The number of hydrogen-bond acceptors (Lipinski definition) is 6. The highest BCUT2D eigenvalue weighted by atomic mass is 16.6. The van der Waals surface area contributed by atoms with Crippen molar-refractivity contribution in [3.8, 4) is 0 Å². The molecule has 2 rings (SSSR count). The SMILES string of the molecule is CNc1ccc(C(=O)OCC(=O)c2ccc(C(C)C)cc2)cc1[N+](=O)[O-]. The Bertz CT molecular complexity index is 828. The fourth-order valence-electron chi connectivity index (χ4n) is 2.37. The molecule has 2 aromatic rings. The van der Waals surface area contributed by atoms with Crippen LogP contribution in [0.4, 0.5) is 11.4 Å². The molecule has 0 spiro atoms. The molecule has 0 radical (unpaired) electrons. The molecule has 2 aromatic carbocycles. The molecule has 0 atom stereocenters. The van der Waals surface area contributed by atoms with E-state index in [1.165, 1.54) is 12.1 Å². The van der Waals surface area contributed by atoms with Gasteiger partial charge in [-0.15, -0.1) is 0 Å². The van der Waals surface area contributed by atoms with Crippen LogP contribution in [-0.2, 0) is 4.74 Å². The predicted octanol–water partition coefficient (Wildman–Crippen LogP) is 3.80. The average molecular weight is 356 g/mol. The first-order chi connectivity index (χ1) is 12.3. The molecule has 136 valence electrons. The van der Waals surface area contributed by atoms with Gasteiger partial charge in [0.25, 0.3) is 5.69 Å². The van der Waals surface area contributed by atoms with E-state index >= 15 is 0 Å². The monoisotopic (exact) mass is 356 g/mol. The Morgan fingerprint density at radius 2 is 1.73 bits per heavy atom. The summed E-state index contributed by atoms with van der Waals surface area (Å²) in [6.45, 7) is 3.68. The Morgan fingerprint density at radius 1 is 1.12 bits per heavy atom. The Kier molecular flexibility index (Phi) is 6.06. The topological polar surface area (TPSA) is 98.5 Å². The number of nitrogens with one attached hydrogen (secondary N) is 1. The molecule has 7 nitrogen and oxygen atoms in total. The van der Waals surface area contributed by atoms with Gasteiger partial charge >= 0.3 is 5.97 Å². The van der Waals surface area contributed by atoms with Crippen molar-refractivity contribution in [1.29, 1.82) is 0 Å². The van der Waals surface area contributed by atoms with E-state index in [1.54, 1.807) is 19.2 Å². The Labute approximate surface area is 151 Å². The number of ether oxygens (including phenoxy) is 1. The number of ketones is 1. The van der Waals surface area contributed by atoms with Crippen LogP contribution in [0.3, 0.4) is 0 Å². The molecular weight excluding hydrogens is 336 g/mol. The van der Waals surface area contributed by atoms with Crippen LogP contribution in [0.2, 0.25) is 0 Å². The predicted molar refractivity (Wildman–Crippen MR) is 97.8 cm³/mol. The summed E-state index contributed by atoms with van der Waals surface area (Å²) in [7, 11) is 1.55. The van der Waals surface area contributed by atoms with E-state index in [-0.39, 0.29) is 22.7 Å². The van der Waals surface area contributed by atoms with Crippen LogP contribution in [0, 0.1) is 10.1 Å². The van der Waals surface area contributed by atoms with Crippen molar-refractivity contribution in [2.75, 3.05) is 19.0 Å². The van der Waals surface area contributed by atoms with Gasteiger partial charge in [0.15, 0.2) is 12.4 Å². The van der Waals surface area contributed by atoms with Crippen LogP contribution < -0.4 is 5.32 Å². The molecule has 0 aliphatic carbocycles.